The van der Waals surface area contributed by atoms with Gasteiger partial charge in [0.2, 0.25) is 11.8 Å². The summed E-state index contributed by atoms with van der Waals surface area (Å²) in [6, 6.07) is 25.9. The number of pyridine rings is 2. The number of anilines is 4. The van der Waals surface area contributed by atoms with E-state index in [-0.39, 0.29) is 64.3 Å². The topological polar surface area (TPSA) is 251 Å². The smallest absolute Gasteiger partial charge is 0.263 e. The van der Waals surface area contributed by atoms with Gasteiger partial charge in [0.1, 0.15) is 34.1 Å². The molecule has 3 aliphatic rings. The van der Waals surface area contributed by atoms with E-state index < -0.39 is 0 Å². The van der Waals surface area contributed by atoms with E-state index in [0.717, 1.165) is 42.1 Å². The van der Waals surface area contributed by atoms with Crippen LogP contribution in [0.1, 0.15) is 57.5 Å². The zero-order valence-corrected chi connectivity index (χ0v) is 58.4. The lowest BCUT2D eigenvalue weighted by Gasteiger charge is -2.38. The molecule has 0 unspecified atom stereocenters. The molecule has 534 valence electrons. The van der Waals surface area contributed by atoms with Crippen molar-refractivity contribution in [2.24, 2.45) is 0 Å². The first-order chi connectivity index (χ1) is 48.5. The molecule has 0 atom stereocenters. The van der Waals surface area contributed by atoms with Crippen molar-refractivity contribution in [2.75, 3.05) is 191 Å². The van der Waals surface area contributed by atoms with Gasteiger partial charge in [-0.25, -0.2) is 0 Å². The Kier molecular flexibility index (Phi) is 32.6. The number of fused-ring (bicyclic) bond motifs is 2. The molecule has 2 aliphatic heterocycles. The number of nitrogens with one attached hydrogen (secondary N) is 3. The van der Waals surface area contributed by atoms with Gasteiger partial charge < -0.3 is 87.5 Å². The quantitative estimate of drug-likeness (QED) is 0.0301. The van der Waals surface area contributed by atoms with Crippen molar-refractivity contribution < 1.29 is 76.0 Å². The first-order valence-electron chi connectivity index (χ1n) is 33.3. The summed E-state index contributed by atoms with van der Waals surface area (Å²) in [6.07, 6.45) is 9.48. The number of aromatic nitrogens is 2. The van der Waals surface area contributed by atoms with Crippen LogP contribution in [-0.2, 0) is 69.8 Å². The zero-order chi connectivity index (χ0) is 69.2. The highest BCUT2D eigenvalue weighted by Crippen LogP contribution is 2.43. The molecule has 4 heterocycles. The number of amides is 4. The summed E-state index contributed by atoms with van der Waals surface area (Å²) >= 11 is 26.6. The number of benzene rings is 4. The molecule has 28 heteroatoms. The van der Waals surface area contributed by atoms with Crippen LogP contribution in [-0.4, -0.2) is 211 Å². The highest BCUT2D eigenvalue weighted by atomic mass is 35.5. The third kappa shape index (κ3) is 25.0. The molecule has 99 heavy (non-hydrogen) atoms. The number of ether oxygens (including phenoxy) is 12. The molecule has 1 fully saturated rings. The lowest BCUT2D eigenvalue weighted by molar-refractivity contribution is -0.122. The molecule has 2 aromatic heterocycles. The van der Waals surface area contributed by atoms with Gasteiger partial charge in [-0.05, 0) is 85.3 Å². The second-order valence-electron chi connectivity index (χ2n) is 22.8. The van der Waals surface area contributed by atoms with Crippen LogP contribution in [0.5, 0.6) is 23.0 Å². The Morgan fingerprint density at radius 3 is 1.24 bits per heavy atom. The summed E-state index contributed by atoms with van der Waals surface area (Å²) < 4.78 is 68.0. The molecule has 1 aliphatic carbocycles. The van der Waals surface area contributed by atoms with Gasteiger partial charge in [-0.1, -0.05) is 70.7 Å². The van der Waals surface area contributed by atoms with Crippen molar-refractivity contribution in [3.05, 3.63) is 152 Å². The molecule has 0 bridgehead atoms. The van der Waals surface area contributed by atoms with Crippen molar-refractivity contribution in [1.29, 1.82) is 0 Å². The average Bonchev–Trinajstić information content (AvgIpc) is 1.76. The Morgan fingerprint density at radius 1 is 0.434 bits per heavy atom. The molecule has 9 rings (SSSR count). The Bertz CT molecular complexity index is 3530. The van der Waals surface area contributed by atoms with Crippen molar-refractivity contribution in [2.45, 2.75) is 44.6 Å². The molecular weight excluding hydrogens is 1360 g/mol. The number of carbonyl (C=O) groups excluding carboxylic acids is 4. The highest BCUT2D eigenvalue weighted by Gasteiger charge is 2.36. The van der Waals surface area contributed by atoms with Crippen LogP contribution in [0.25, 0.3) is 0 Å². The largest absolute Gasteiger partial charge is 0.455 e. The van der Waals surface area contributed by atoms with E-state index in [0.29, 0.717) is 221 Å². The first kappa shape index (κ1) is 76.2. The van der Waals surface area contributed by atoms with Crippen molar-refractivity contribution in [1.82, 2.24) is 20.6 Å². The molecule has 0 radical (unpaired) electrons. The van der Waals surface area contributed by atoms with Crippen LogP contribution >= 0.6 is 46.4 Å². The number of hydrogen-bond acceptors (Lipinski definition) is 20. The normalized spacial score (nSPS) is 13.4. The SMILES string of the molecule is O=C(CCc1cc(Cl)c(Oc2ccncc2C(=O)N2CCNc3ccccc32)cc1Cl)NCCOCCOCCOCCOCCOCCOCCOCCOCCOCCOCCNC(=O)CCc1cc(Cl)c(Oc2ccncc2C(=O)N2CCN(C3CC3)c3ccccc32)cc1Cl. The summed E-state index contributed by atoms with van der Waals surface area (Å²) in [5.74, 6) is 0.345. The van der Waals surface area contributed by atoms with Crippen molar-refractivity contribution >= 4 is 92.8 Å². The second kappa shape index (κ2) is 42.3. The maximum Gasteiger partial charge on any atom is 0.263 e. The minimum Gasteiger partial charge on any atom is -0.455 e. The van der Waals surface area contributed by atoms with E-state index in [1.165, 1.54) is 18.6 Å². The molecule has 3 N–H and O–H groups in total. The minimum atomic E-state index is -0.256. The molecule has 4 aromatic carbocycles. The second-order valence-corrected chi connectivity index (χ2v) is 24.4. The van der Waals surface area contributed by atoms with Crippen LogP contribution < -0.4 is 40.1 Å². The Balaban J connectivity index is 0.480. The highest BCUT2D eigenvalue weighted by molar-refractivity contribution is 6.35. The molecule has 6 aromatic rings. The van der Waals surface area contributed by atoms with E-state index in [1.807, 2.05) is 42.5 Å². The monoisotopic (exact) mass is 1450 g/mol. The van der Waals surface area contributed by atoms with Crippen LogP contribution in [0.3, 0.4) is 0 Å². The summed E-state index contributed by atoms with van der Waals surface area (Å²) in [7, 11) is 0. The summed E-state index contributed by atoms with van der Waals surface area (Å²) in [4.78, 5) is 67.2. The molecule has 24 nitrogen and oxygen atoms in total. The Hall–Kier alpha value is -6.98. The van der Waals surface area contributed by atoms with Gasteiger partial charge in [0, 0.05) is 105 Å². The number of rotatable bonds is 46. The maximum absolute atomic E-state index is 14.0. The van der Waals surface area contributed by atoms with Gasteiger partial charge >= 0.3 is 0 Å². The first-order valence-corrected chi connectivity index (χ1v) is 34.9. The number of nitrogens with zero attached hydrogens (tertiary/aromatic N) is 5. The van der Waals surface area contributed by atoms with E-state index in [2.05, 4.69) is 36.9 Å². The Morgan fingerprint density at radius 2 is 0.818 bits per heavy atom. The third-order valence-corrected chi connectivity index (χ3v) is 17.1. The van der Waals surface area contributed by atoms with Gasteiger partial charge in [-0.3, -0.25) is 29.1 Å². The number of halogens is 4. The predicted octanol–water partition coefficient (Wildman–Crippen LogP) is 10.3. The molecular formula is C71H86Cl4N8O16. The van der Waals surface area contributed by atoms with Gasteiger partial charge in [-0.15, -0.1) is 0 Å². The molecule has 0 spiro atoms. The van der Waals surface area contributed by atoms with Crippen LogP contribution in [0.4, 0.5) is 22.7 Å². The lowest BCUT2D eigenvalue weighted by Crippen LogP contribution is -2.45. The van der Waals surface area contributed by atoms with E-state index in [9.17, 15) is 19.2 Å². The maximum atomic E-state index is 14.0. The van der Waals surface area contributed by atoms with Crippen molar-refractivity contribution in [3.8, 4) is 23.0 Å². The fourth-order valence-corrected chi connectivity index (χ4v) is 11.5. The fourth-order valence-electron chi connectivity index (χ4n) is 10.6. The average molecular weight is 1450 g/mol. The summed E-state index contributed by atoms with van der Waals surface area (Å²) in [5.41, 5.74) is 5.50. The standard InChI is InChI=1S/C71H86Cl4N8O16/c72-56-47-66(98-64-15-17-76-49-54(64)70(86)82-22-19-78-60-5-1-2-6-61(60)82)58(74)45-51(56)9-13-68(84)79-20-25-88-27-29-90-31-33-92-35-37-94-39-41-96-43-44-97-42-40-95-38-36-93-34-32-91-30-28-89-26-21-80-69(85)14-10-52-46-59(75)67(48-57(52)73)99-65-16-18-77-50-55(65)71(87)83-24-23-81(53-11-12-53)62-7-3-4-8-63(62)83/h1-8,15-18,45-50,53,78H,9-14,19-44H2,(H,79,84)(H,80,85). The Labute approximate surface area is 597 Å². The van der Waals surface area contributed by atoms with E-state index in [4.69, 9.17) is 103 Å². The number of carbonyl (C=O) groups is 4. The number of para-hydroxylation sites is 4. The number of aryl methyl sites for hydroxylation is 2. The summed E-state index contributed by atoms with van der Waals surface area (Å²) in [6.45, 7) is 11.3. The van der Waals surface area contributed by atoms with Crippen molar-refractivity contribution in [3.63, 3.8) is 0 Å². The van der Waals surface area contributed by atoms with Crippen LogP contribution in [0.15, 0.2) is 110 Å². The fraction of sp³-hybridized carbons (Fsp3) is 0.465. The van der Waals surface area contributed by atoms with Gasteiger partial charge in [0.05, 0.1) is 165 Å². The van der Waals surface area contributed by atoms with Gasteiger partial charge in [0.25, 0.3) is 11.8 Å². The van der Waals surface area contributed by atoms with E-state index in [1.54, 1.807) is 52.4 Å². The van der Waals surface area contributed by atoms with Crippen LogP contribution in [0.2, 0.25) is 20.1 Å². The molecule has 0 saturated heterocycles. The third-order valence-electron chi connectivity index (χ3n) is 15.8. The van der Waals surface area contributed by atoms with Crippen LogP contribution in [0, 0.1) is 0 Å². The number of hydrogen-bond donors (Lipinski definition) is 3. The van der Waals surface area contributed by atoms with Gasteiger partial charge in [0.15, 0.2) is 0 Å². The lowest BCUT2D eigenvalue weighted by atomic mass is 10.1. The minimum absolute atomic E-state index is 0.157. The predicted molar refractivity (Wildman–Crippen MR) is 377 cm³/mol. The summed E-state index contributed by atoms with van der Waals surface area (Å²) in [5, 5.41) is 10.3. The van der Waals surface area contributed by atoms with Gasteiger partial charge in [-0.2, -0.15) is 0 Å². The molecule has 4 amide bonds. The zero-order valence-electron chi connectivity index (χ0n) is 55.4. The van der Waals surface area contributed by atoms with E-state index >= 15 is 0 Å². The molecule has 1 saturated carbocycles.